The highest BCUT2D eigenvalue weighted by Crippen LogP contribution is 2.49. The van der Waals surface area contributed by atoms with Crippen molar-refractivity contribution >= 4 is 28.4 Å². The van der Waals surface area contributed by atoms with Crippen LogP contribution in [-0.4, -0.2) is 10.6 Å². The minimum atomic E-state index is -0.282. The van der Waals surface area contributed by atoms with E-state index in [2.05, 4.69) is 107 Å². The summed E-state index contributed by atoms with van der Waals surface area (Å²) < 4.78 is 2.21. The zero-order valence-electron chi connectivity index (χ0n) is 25.5. The van der Waals surface area contributed by atoms with Gasteiger partial charge in [0, 0.05) is 34.3 Å². The van der Waals surface area contributed by atoms with Crippen LogP contribution in [-0.2, 0) is 0 Å². The van der Waals surface area contributed by atoms with Gasteiger partial charge in [0.2, 0.25) is 0 Å². The van der Waals surface area contributed by atoms with Crippen LogP contribution in [0.4, 0.5) is 11.4 Å². The lowest BCUT2D eigenvalue weighted by atomic mass is 9.82. The first kappa shape index (κ1) is 27.9. The van der Waals surface area contributed by atoms with Crippen molar-refractivity contribution in [2.75, 3.05) is 4.90 Å². The highest BCUT2D eigenvalue weighted by atomic mass is 15.2. The second-order valence-electron chi connectivity index (χ2n) is 12.2. The Labute approximate surface area is 272 Å². The minimum Gasteiger partial charge on any atom is -0.333 e. The molecular formula is C41H26N6. The molecule has 6 nitrogen and oxygen atoms in total. The normalized spacial score (nSPS) is 20.1. The van der Waals surface area contributed by atoms with E-state index >= 15 is 0 Å². The van der Waals surface area contributed by atoms with Gasteiger partial charge in [-0.3, -0.25) is 0 Å². The molecule has 6 heteroatoms. The molecule has 0 amide bonds. The summed E-state index contributed by atoms with van der Waals surface area (Å²) in [5, 5.41) is 40.4. The molecule has 4 unspecified atom stereocenters. The molecule has 3 aliphatic rings. The van der Waals surface area contributed by atoms with Crippen LogP contribution < -0.4 is 4.90 Å². The first-order valence-corrected chi connectivity index (χ1v) is 15.5. The number of benzene rings is 4. The quantitative estimate of drug-likeness (QED) is 0.205. The fourth-order valence-electron chi connectivity index (χ4n) is 7.59. The summed E-state index contributed by atoms with van der Waals surface area (Å²) in [7, 11) is 0. The number of rotatable bonds is 3. The van der Waals surface area contributed by atoms with E-state index in [1.807, 2.05) is 36.4 Å². The molecule has 220 valence electrons. The van der Waals surface area contributed by atoms with Crippen LogP contribution in [0.3, 0.4) is 0 Å². The number of allylic oxidation sites excluding steroid dienone is 3. The van der Waals surface area contributed by atoms with E-state index in [0.29, 0.717) is 16.7 Å². The summed E-state index contributed by atoms with van der Waals surface area (Å²) in [6, 6.07) is 35.2. The zero-order chi connectivity index (χ0) is 32.2. The molecule has 5 aromatic rings. The van der Waals surface area contributed by atoms with E-state index in [4.69, 9.17) is 0 Å². The number of para-hydroxylation sites is 1. The van der Waals surface area contributed by atoms with Crippen LogP contribution in [0.15, 0.2) is 109 Å². The van der Waals surface area contributed by atoms with Crippen molar-refractivity contribution in [2.45, 2.75) is 24.8 Å². The van der Waals surface area contributed by atoms with Gasteiger partial charge in [-0.25, -0.2) is 0 Å². The summed E-state index contributed by atoms with van der Waals surface area (Å²) in [5.41, 5.74) is 10.2. The fourth-order valence-corrected chi connectivity index (χ4v) is 7.59. The van der Waals surface area contributed by atoms with E-state index in [0.717, 1.165) is 50.3 Å². The number of hydrogen-bond acceptors (Lipinski definition) is 5. The number of fused-ring (bicyclic) bond motifs is 6. The smallest absolute Gasteiger partial charge is 0.0998 e. The standard InChI is InChI=1S/C41H26N6/c1-25-28(23-44)12-15-40-41(25)36-17-27(22-43)11-14-39(36)47(40)32-19-29(33-13-10-26(21-42)16-30(33)24-45)18-31(20-32)46-37-8-4-2-6-34(37)35-7-3-5-9-38(35)46/h2-20,25,28,34,37H,1H3. The second-order valence-corrected chi connectivity index (χ2v) is 12.2. The average molecular weight is 603 g/mol. The molecule has 1 aromatic heterocycles. The SMILES string of the molecule is CC1c2c(n(-c3cc(-c4ccc(C#N)cc4C#N)cc(N4c5ccccc5C5C=CC=CC54)c3)c3ccc(C#N)cc23)C=CC1C#N. The molecule has 0 saturated carbocycles. The first-order valence-electron chi connectivity index (χ1n) is 15.5. The van der Waals surface area contributed by atoms with Crippen molar-refractivity contribution in [3.8, 4) is 41.1 Å². The van der Waals surface area contributed by atoms with Gasteiger partial charge in [-0.2, -0.15) is 21.0 Å². The van der Waals surface area contributed by atoms with Gasteiger partial charge < -0.3 is 9.47 Å². The van der Waals surface area contributed by atoms with Gasteiger partial charge in [-0.1, -0.05) is 61.6 Å². The number of aromatic nitrogens is 1. The minimum absolute atomic E-state index is 0.0710. The second kappa shape index (κ2) is 10.8. The molecule has 0 bridgehead atoms. The van der Waals surface area contributed by atoms with Gasteiger partial charge in [0.05, 0.1) is 64.1 Å². The Hall–Kier alpha value is -6.60. The summed E-state index contributed by atoms with van der Waals surface area (Å²) in [4.78, 5) is 2.37. The summed E-state index contributed by atoms with van der Waals surface area (Å²) in [6.07, 6.45) is 12.7. The van der Waals surface area contributed by atoms with Gasteiger partial charge >= 0.3 is 0 Å². The van der Waals surface area contributed by atoms with Gasteiger partial charge in [0.1, 0.15) is 0 Å². The van der Waals surface area contributed by atoms with Crippen LogP contribution in [0.2, 0.25) is 0 Å². The number of nitrogens with zero attached hydrogens (tertiary/aromatic N) is 6. The number of hydrogen-bond donors (Lipinski definition) is 0. The van der Waals surface area contributed by atoms with E-state index in [9.17, 15) is 21.0 Å². The maximum atomic E-state index is 10.2. The maximum Gasteiger partial charge on any atom is 0.0998 e. The van der Waals surface area contributed by atoms with Crippen molar-refractivity contribution < 1.29 is 0 Å². The third-order valence-corrected chi connectivity index (χ3v) is 9.76. The van der Waals surface area contributed by atoms with Crippen molar-refractivity contribution in [3.05, 3.63) is 143 Å². The third kappa shape index (κ3) is 4.21. The highest BCUT2D eigenvalue weighted by molar-refractivity contribution is 5.93. The summed E-state index contributed by atoms with van der Waals surface area (Å²) >= 11 is 0. The Bertz CT molecular complexity index is 2410. The van der Waals surface area contributed by atoms with Crippen molar-refractivity contribution in [1.29, 1.82) is 21.0 Å². The lowest BCUT2D eigenvalue weighted by Crippen LogP contribution is -2.28. The summed E-state index contributed by atoms with van der Waals surface area (Å²) in [6.45, 7) is 2.07. The molecule has 47 heavy (non-hydrogen) atoms. The molecule has 0 saturated heterocycles. The van der Waals surface area contributed by atoms with Crippen molar-refractivity contribution in [1.82, 2.24) is 4.57 Å². The topological polar surface area (TPSA) is 103 Å². The Morgan fingerprint density at radius 2 is 1.49 bits per heavy atom. The summed E-state index contributed by atoms with van der Waals surface area (Å²) in [5.74, 6) is -0.159. The molecule has 0 spiro atoms. The highest BCUT2D eigenvalue weighted by Gasteiger charge is 2.37. The van der Waals surface area contributed by atoms with Gasteiger partial charge in [-0.05, 0) is 82.9 Å². The molecule has 1 aliphatic heterocycles. The van der Waals surface area contributed by atoms with E-state index < -0.39 is 0 Å². The predicted octanol–water partition coefficient (Wildman–Crippen LogP) is 8.91. The van der Waals surface area contributed by atoms with Crippen LogP contribution >= 0.6 is 0 Å². The molecule has 4 atom stereocenters. The van der Waals surface area contributed by atoms with Gasteiger partial charge in [-0.15, -0.1) is 0 Å². The molecule has 0 fully saturated rings. The van der Waals surface area contributed by atoms with Crippen LogP contribution in [0.1, 0.15) is 52.3 Å². The van der Waals surface area contributed by atoms with Crippen LogP contribution in [0.25, 0.3) is 33.8 Å². The molecule has 4 aromatic carbocycles. The largest absolute Gasteiger partial charge is 0.333 e. The average Bonchev–Trinajstić information content (AvgIpc) is 3.64. The molecule has 2 heterocycles. The first-order chi connectivity index (χ1) is 23.0. The van der Waals surface area contributed by atoms with E-state index in [-0.39, 0.29) is 23.8 Å². The lowest BCUT2D eigenvalue weighted by Gasteiger charge is -2.30. The van der Waals surface area contributed by atoms with Gasteiger partial charge in [0.15, 0.2) is 0 Å². The molecule has 0 N–H and O–H groups in total. The van der Waals surface area contributed by atoms with E-state index in [1.165, 1.54) is 5.56 Å². The fraction of sp³-hybridized carbons (Fsp3) is 0.122. The van der Waals surface area contributed by atoms with Crippen molar-refractivity contribution in [2.24, 2.45) is 5.92 Å². The van der Waals surface area contributed by atoms with Crippen LogP contribution in [0, 0.1) is 51.2 Å². The lowest BCUT2D eigenvalue weighted by molar-refractivity contribution is 0.654. The van der Waals surface area contributed by atoms with Gasteiger partial charge in [0.25, 0.3) is 0 Å². The molecule has 2 aliphatic carbocycles. The predicted molar refractivity (Wildman–Crippen MR) is 183 cm³/mol. The Morgan fingerprint density at radius 1 is 0.723 bits per heavy atom. The number of nitriles is 4. The van der Waals surface area contributed by atoms with Crippen molar-refractivity contribution in [3.63, 3.8) is 0 Å². The molecule has 8 rings (SSSR count). The Morgan fingerprint density at radius 3 is 2.30 bits per heavy atom. The molecular weight excluding hydrogens is 576 g/mol. The Kier molecular flexibility index (Phi) is 6.40. The Balaban J connectivity index is 1.44. The van der Waals surface area contributed by atoms with E-state index in [1.54, 1.807) is 12.1 Å². The maximum absolute atomic E-state index is 10.2. The monoisotopic (exact) mass is 602 g/mol. The number of anilines is 2. The zero-order valence-corrected chi connectivity index (χ0v) is 25.5. The van der Waals surface area contributed by atoms with Crippen LogP contribution in [0.5, 0.6) is 0 Å². The molecule has 0 radical (unpaired) electrons. The third-order valence-electron chi connectivity index (χ3n) is 9.76.